The van der Waals surface area contributed by atoms with Gasteiger partial charge in [-0.15, -0.1) is 0 Å². The lowest BCUT2D eigenvalue weighted by molar-refractivity contribution is -0.107. The summed E-state index contributed by atoms with van der Waals surface area (Å²) in [5.74, 6) is 2.19. The monoisotopic (exact) mass is 413 g/mol. The molecule has 160 valence electrons. The first-order valence-corrected chi connectivity index (χ1v) is 10.1. The van der Waals surface area contributed by atoms with Crippen molar-refractivity contribution in [1.29, 1.82) is 0 Å². The molecule has 1 amide bonds. The number of aldehydes is 1. The van der Waals surface area contributed by atoms with Crippen LogP contribution < -0.4 is 14.2 Å². The van der Waals surface area contributed by atoms with Crippen molar-refractivity contribution in [2.45, 2.75) is 25.7 Å². The Bertz CT molecular complexity index is 882. The maximum absolute atomic E-state index is 11.6. The van der Waals surface area contributed by atoms with Gasteiger partial charge in [-0.05, 0) is 60.2 Å². The summed E-state index contributed by atoms with van der Waals surface area (Å²) in [6.07, 6.45) is 2.25. The highest BCUT2D eigenvalue weighted by molar-refractivity contribution is 5.69. The molecule has 2 aromatic rings. The maximum atomic E-state index is 11.6. The van der Waals surface area contributed by atoms with Crippen molar-refractivity contribution in [3.8, 4) is 28.4 Å². The van der Waals surface area contributed by atoms with Gasteiger partial charge in [0.2, 0.25) is 0 Å². The quantitative estimate of drug-likeness (QED) is 0.468. The van der Waals surface area contributed by atoms with Crippen LogP contribution in [0.15, 0.2) is 36.4 Å². The van der Waals surface area contributed by atoms with Crippen LogP contribution in [0.3, 0.4) is 0 Å². The van der Waals surface area contributed by atoms with E-state index < -0.39 is 6.09 Å². The van der Waals surface area contributed by atoms with Crippen molar-refractivity contribution in [1.82, 2.24) is 4.90 Å². The van der Waals surface area contributed by atoms with Gasteiger partial charge in [0, 0.05) is 19.5 Å². The molecule has 0 aromatic heterocycles. The predicted molar refractivity (Wildman–Crippen MR) is 113 cm³/mol. The Labute approximate surface area is 176 Å². The smallest absolute Gasteiger partial charge is 0.407 e. The summed E-state index contributed by atoms with van der Waals surface area (Å²) in [4.78, 5) is 23.4. The van der Waals surface area contributed by atoms with Gasteiger partial charge in [-0.25, -0.2) is 4.79 Å². The summed E-state index contributed by atoms with van der Waals surface area (Å²) in [6, 6.07) is 11.7. The molecule has 0 aliphatic carbocycles. The molecule has 2 aromatic carbocycles. The van der Waals surface area contributed by atoms with Crippen molar-refractivity contribution < 1.29 is 28.9 Å². The molecular formula is C23H27NO6. The van der Waals surface area contributed by atoms with E-state index in [0.29, 0.717) is 52.0 Å². The van der Waals surface area contributed by atoms with E-state index in [1.165, 1.54) is 4.90 Å². The van der Waals surface area contributed by atoms with Crippen molar-refractivity contribution >= 4 is 12.4 Å². The molecule has 1 aliphatic rings. The van der Waals surface area contributed by atoms with Gasteiger partial charge in [0.15, 0.2) is 11.5 Å². The lowest BCUT2D eigenvalue weighted by Crippen LogP contribution is -2.32. The number of carbonyl (C=O) groups excluding carboxylic acids is 1. The van der Waals surface area contributed by atoms with Gasteiger partial charge in [0.1, 0.15) is 25.2 Å². The molecule has 1 heterocycles. The third-order valence-corrected chi connectivity index (χ3v) is 5.08. The molecule has 0 radical (unpaired) electrons. The Kier molecular flexibility index (Phi) is 7.54. The van der Waals surface area contributed by atoms with Crippen LogP contribution in [0, 0.1) is 0 Å². The van der Waals surface area contributed by atoms with Crippen LogP contribution in [-0.2, 0) is 11.2 Å². The fourth-order valence-electron chi connectivity index (χ4n) is 3.47. The van der Waals surface area contributed by atoms with Crippen molar-refractivity contribution in [3.63, 3.8) is 0 Å². The highest BCUT2D eigenvalue weighted by Gasteiger charge is 2.15. The molecule has 0 bridgehead atoms. The number of unbranched alkanes of at least 4 members (excludes halogenated alkanes) is 2. The molecule has 7 nitrogen and oxygen atoms in total. The van der Waals surface area contributed by atoms with Crippen LogP contribution in [-0.4, -0.2) is 55.8 Å². The van der Waals surface area contributed by atoms with Crippen LogP contribution in [0.4, 0.5) is 4.79 Å². The van der Waals surface area contributed by atoms with E-state index in [2.05, 4.69) is 0 Å². The summed E-state index contributed by atoms with van der Waals surface area (Å²) in [6.45, 7) is 1.85. The summed E-state index contributed by atoms with van der Waals surface area (Å²) in [7, 11) is 1.61. The lowest BCUT2D eigenvalue weighted by Gasteiger charge is -2.21. The maximum Gasteiger partial charge on any atom is 0.407 e. The summed E-state index contributed by atoms with van der Waals surface area (Å²) >= 11 is 0. The van der Waals surface area contributed by atoms with E-state index in [4.69, 9.17) is 14.2 Å². The first kappa shape index (κ1) is 21.5. The number of methoxy groups -OCH3 is 1. The SMILES string of the molecule is COc1ccc(-c2ccc3c(c2)OCCO3)cc1CCN(CCCCC=O)C(=O)O. The molecular weight excluding hydrogens is 386 g/mol. The number of nitrogens with zero attached hydrogens (tertiary/aromatic N) is 1. The summed E-state index contributed by atoms with van der Waals surface area (Å²) < 4.78 is 16.7. The molecule has 0 atom stereocenters. The van der Waals surface area contributed by atoms with Gasteiger partial charge in [-0.2, -0.15) is 0 Å². The van der Waals surface area contributed by atoms with E-state index in [-0.39, 0.29) is 0 Å². The third kappa shape index (κ3) is 5.43. The third-order valence-electron chi connectivity index (χ3n) is 5.08. The Balaban J connectivity index is 1.74. The predicted octanol–water partition coefficient (Wildman–Crippen LogP) is 4.03. The van der Waals surface area contributed by atoms with Gasteiger partial charge < -0.3 is 29.0 Å². The molecule has 0 saturated heterocycles. The number of hydrogen-bond acceptors (Lipinski definition) is 5. The van der Waals surface area contributed by atoms with Gasteiger partial charge in [-0.1, -0.05) is 12.1 Å². The number of benzene rings is 2. The summed E-state index contributed by atoms with van der Waals surface area (Å²) in [5.41, 5.74) is 2.92. The summed E-state index contributed by atoms with van der Waals surface area (Å²) in [5, 5.41) is 9.48. The topological polar surface area (TPSA) is 85.3 Å². The highest BCUT2D eigenvalue weighted by atomic mass is 16.6. The fourth-order valence-corrected chi connectivity index (χ4v) is 3.47. The highest BCUT2D eigenvalue weighted by Crippen LogP contribution is 2.35. The van der Waals surface area contributed by atoms with E-state index in [1.54, 1.807) is 7.11 Å². The van der Waals surface area contributed by atoms with Crippen molar-refractivity contribution in [2.24, 2.45) is 0 Å². The number of ether oxygens (including phenoxy) is 3. The fraction of sp³-hybridized carbons (Fsp3) is 0.391. The second kappa shape index (κ2) is 10.5. The minimum absolute atomic E-state index is 0.359. The molecule has 1 aliphatic heterocycles. The lowest BCUT2D eigenvalue weighted by atomic mass is 10.00. The number of carbonyl (C=O) groups is 2. The van der Waals surface area contributed by atoms with E-state index >= 15 is 0 Å². The molecule has 0 spiro atoms. The zero-order valence-corrected chi connectivity index (χ0v) is 17.1. The van der Waals surface area contributed by atoms with Crippen LogP contribution in [0.25, 0.3) is 11.1 Å². The Hall–Kier alpha value is -3.22. The van der Waals surface area contributed by atoms with Gasteiger partial charge in [-0.3, -0.25) is 0 Å². The van der Waals surface area contributed by atoms with Crippen LogP contribution >= 0.6 is 0 Å². The minimum atomic E-state index is -0.955. The van der Waals surface area contributed by atoms with E-state index in [1.807, 2.05) is 36.4 Å². The zero-order chi connectivity index (χ0) is 21.3. The average Bonchev–Trinajstić information content (AvgIpc) is 2.77. The Morgan fingerprint density at radius 2 is 1.80 bits per heavy atom. The molecule has 0 unspecified atom stereocenters. The molecule has 3 rings (SSSR count). The molecule has 7 heteroatoms. The van der Waals surface area contributed by atoms with Crippen LogP contribution in [0.5, 0.6) is 17.2 Å². The number of rotatable bonds is 10. The second-order valence-corrected chi connectivity index (χ2v) is 7.07. The Morgan fingerprint density at radius 1 is 1.07 bits per heavy atom. The van der Waals surface area contributed by atoms with Gasteiger partial charge in [0.05, 0.1) is 7.11 Å². The number of fused-ring (bicyclic) bond motifs is 1. The first-order chi connectivity index (χ1) is 14.6. The second-order valence-electron chi connectivity index (χ2n) is 7.07. The largest absolute Gasteiger partial charge is 0.496 e. The number of carboxylic acid groups (broad SMARTS) is 1. The number of hydrogen-bond donors (Lipinski definition) is 1. The average molecular weight is 413 g/mol. The van der Waals surface area contributed by atoms with Gasteiger partial charge in [0.25, 0.3) is 0 Å². The Morgan fingerprint density at radius 3 is 2.53 bits per heavy atom. The van der Waals surface area contributed by atoms with Crippen molar-refractivity contribution in [3.05, 3.63) is 42.0 Å². The first-order valence-electron chi connectivity index (χ1n) is 10.1. The van der Waals surface area contributed by atoms with Gasteiger partial charge >= 0.3 is 6.09 Å². The van der Waals surface area contributed by atoms with Crippen LogP contribution in [0.1, 0.15) is 24.8 Å². The number of amides is 1. The van der Waals surface area contributed by atoms with E-state index in [0.717, 1.165) is 40.2 Å². The molecule has 0 saturated carbocycles. The van der Waals surface area contributed by atoms with Crippen LogP contribution in [0.2, 0.25) is 0 Å². The molecule has 1 N–H and O–H groups in total. The standard InChI is InChI=1S/C23H27NO6/c1-28-20-7-5-17(18-6-8-21-22(16-18)30-14-13-29-21)15-19(20)9-11-24(23(26)27)10-3-2-4-12-25/h5-8,12,15-16H,2-4,9-11,13-14H2,1H3,(H,26,27). The van der Waals surface area contributed by atoms with E-state index in [9.17, 15) is 14.7 Å². The molecule has 30 heavy (non-hydrogen) atoms. The minimum Gasteiger partial charge on any atom is -0.496 e. The van der Waals surface area contributed by atoms with Crippen molar-refractivity contribution in [2.75, 3.05) is 33.4 Å². The molecule has 0 fully saturated rings. The normalized spacial score (nSPS) is 12.3. The zero-order valence-electron chi connectivity index (χ0n) is 17.1.